The van der Waals surface area contributed by atoms with Crippen molar-refractivity contribution in [1.29, 1.82) is 0 Å². The van der Waals surface area contributed by atoms with Gasteiger partial charge in [-0.05, 0) is 43.5 Å². The first-order valence-electron chi connectivity index (χ1n) is 8.96. The highest BCUT2D eigenvalue weighted by molar-refractivity contribution is 5.87. The van der Waals surface area contributed by atoms with Crippen molar-refractivity contribution in [2.24, 2.45) is 0 Å². The van der Waals surface area contributed by atoms with E-state index in [1.807, 2.05) is 30.9 Å². The Labute approximate surface area is 149 Å². The smallest absolute Gasteiger partial charge is 0.232 e. The molecule has 132 valence electrons. The van der Waals surface area contributed by atoms with E-state index in [0.717, 1.165) is 30.7 Å². The molecule has 0 radical (unpaired) electrons. The van der Waals surface area contributed by atoms with Gasteiger partial charge in [-0.15, -0.1) is 0 Å². The standard InChI is InChI=1S/C21H26N2O2/c1-4-16-7-9-17(10-8-16)21(2,3)20(24)23-13-11-19(15-23)25-18-6-5-12-22-14-18/h5-10,12,14,19H,4,11,13,15H2,1-3H3. The lowest BCUT2D eigenvalue weighted by Crippen LogP contribution is -2.43. The Morgan fingerprint density at radius 1 is 1.28 bits per heavy atom. The van der Waals surface area contributed by atoms with Gasteiger partial charge < -0.3 is 9.64 Å². The zero-order valence-corrected chi connectivity index (χ0v) is 15.2. The quantitative estimate of drug-likeness (QED) is 0.836. The number of carbonyl (C=O) groups is 1. The number of benzene rings is 1. The van der Waals surface area contributed by atoms with Crippen molar-refractivity contribution in [3.63, 3.8) is 0 Å². The van der Waals surface area contributed by atoms with Crippen LogP contribution in [0.4, 0.5) is 0 Å². The monoisotopic (exact) mass is 338 g/mol. The molecule has 2 heterocycles. The Morgan fingerprint density at radius 2 is 2.04 bits per heavy atom. The van der Waals surface area contributed by atoms with Crippen molar-refractivity contribution in [3.05, 3.63) is 59.9 Å². The molecule has 4 nitrogen and oxygen atoms in total. The Kier molecular flexibility index (Phi) is 5.07. The first kappa shape index (κ1) is 17.5. The van der Waals surface area contributed by atoms with Crippen LogP contribution in [0.2, 0.25) is 0 Å². The molecule has 1 saturated heterocycles. The Hall–Kier alpha value is -2.36. The van der Waals surface area contributed by atoms with E-state index < -0.39 is 5.41 Å². The van der Waals surface area contributed by atoms with Gasteiger partial charge in [0.15, 0.2) is 0 Å². The number of likely N-dealkylation sites (tertiary alicyclic amines) is 1. The van der Waals surface area contributed by atoms with Gasteiger partial charge in [0, 0.05) is 19.2 Å². The topological polar surface area (TPSA) is 42.4 Å². The first-order chi connectivity index (χ1) is 12.0. The van der Waals surface area contributed by atoms with Crippen LogP contribution in [-0.2, 0) is 16.6 Å². The number of carbonyl (C=O) groups excluding carboxylic acids is 1. The lowest BCUT2D eigenvalue weighted by molar-refractivity contribution is -0.135. The normalized spacial score (nSPS) is 17.6. The van der Waals surface area contributed by atoms with Gasteiger partial charge in [-0.2, -0.15) is 0 Å². The minimum atomic E-state index is -0.532. The van der Waals surface area contributed by atoms with Crippen LogP contribution in [0, 0.1) is 0 Å². The van der Waals surface area contributed by atoms with Crippen LogP contribution in [0.3, 0.4) is 0 Å². The van der Waals surface area contributed by atoms with Crippen LogP contribution < -0.4 is 4.74 Å². The molecule has 1 unspecified atom stereocenters. The number of nitrogens with zero attached hydrogens (tertiary/aromatic N) is 2. The van der Waals surface area contributed by atoms with E-state index in [9.17, 15) is 4.79 Å². The SMILES string of the molecule is CCc1ccc(C(C)(C)C(=O)N2CCC(Oc3cccnc3)C2)cc1. The van der Waals surface area contributed by atoms with E-state index in [2.05, 4.69) is 36.2 Å². The van der Waals surface area contributed by atoms with E-state index in [1.165, 1.54) is 5.56 Å². The zero-order valence-electron chi connectivity index (χ0n) is 15.2. The van der Waals surface area contributed by atoms with Crippen molar-refractivity contribution in [2.45, 2.75) is 45.1 Å². The van der Waals surface area contributed by atoms with Crippen LogP contribution in [0.1, 0.15) is 38.3 Å². The molecule has 1 fully saturated rings. The number of aromatic nitrogens is 1. The van der Waals surface area contributed by atoms with Crippen LogP contribution in [0.25, 0.3) is 0 Å². The molecule has 4 heteroatoms. The maximum atomic E-state index is 13.1. The predicted molar refractivity (Wildman–Crippen MR) is 98.7 cm³/mol. The summed E-state index contributed by atoms with van der Waals surface area (Å²) in [4.78, 5) is 19.1. The molecule has 0 bridgehead atoms. The second-order valence-electron chi connectivity index (χ2n) is 7.14. The Bertz CT molecular complexity index is 710. The molecule has 1 aromatic carbocycles. The summed E-state index contributed by atoms with van der Waals surface area (Å²) in [6.07, 6.45) is 5.33. The van der Waals surface area contributed by atoms with Crippen molar-refractivity contribution >= 4 is 5.91 Å². The summed E-state index contributed by atoms with van der Waals surface area (Å²) in [5.74, 6) is 0.922. The van der Waals surface area contributed by atoms with E-state index in [4.69, 9.17) is 4.74 Å². The second-order valence-corrected chi connectivity index (χ2v) is 7.14. The lowest BCUT2D eigenvalue weighted by Gasteiger charge is -2.30. The Balaban J connectivity index is 1.65. The third kappa shape index (κ3) is 3.84. The molecule has 3 rings (SSSR count). The molecule has 0 N–H and O–H groups in total. The minimum Gasteiger partial charge on any atom is -0.487 e. The van der Waals surface area contributed by atoms with E-state index in [1.54, 1.807) is 12.4 Å². The number of amides is 1. The first-order valence-corrected chi connectivity index (χ1v) is 8.96. The summed E-state index contributed by atoms with van der Waals surface area (Å²) in [5.41, 5.74) is 1.82. The molecule has 0 saturated carbocycles. The third-order valence-corrected chi connectivity index (χ3v) is 4.99. The Morgan fingerprint density at radius 3 is 2.68 bits per heavy atom. The highest BCUT2D eigenvalue weighted by Gasteiger charge is 2.37. The predicted octanol–water partition coefficient (Wildman–Crippen LogP) is 3.60. The molecule has 1 amide bonds. The molecular weight excluding hydrogens is 312 g/mol. The van der Waals surface area contributed by atoms with E-state index >= 15 is 0 Å². The zero-order chi connectivity index (χ0) is 17.9. The largest absolute Gasteiger partial charge is 0.487 e. The van der Waals surface area contributed by atoms with Gasteiger partial charge in [-0.3, -0.25) is 9.78 Å². The number of pyridine rings is 1. The van der Waals surface area contributed by atoms with Crippen molar-refractivity contribution < 1.29 is 9.53 Å². The van der Waals surface area contributed by atoms with Gasteiger partial charge in [0.2, 0.25) is 5.91 Å². The maximum absolute atomic E-state index is 13.1. The fourth-order valence-corrected chi connectivity index (χ4v) is 3.29. The fraction of sp³-hybridized carbons (Fsp3) is 0.429. The maximum Gasteiger partial charge on any atom is 0.232 e. The molecule has 0 aliphatic carbocycles. The summed E-state index contributed by atoms with van der Waals surface area (Å²) < 4.78 is 5.95. The van der Waals surface area contributed by atoms with Crippen molar-refractivity contribution in [3.8, 4) is 5.75 Å². The molecule has 1 aromatic heterocycles. The van der Waals surface area contributed by atoms with Crippen molar-refractivity contribution in [2.75, 3.05) is 13.1 Å². The number of aryl methyl sites for hydroxylation is 1. The average molecular weight is 338 g/mol. The highest BCUT2D eigenvalue weighted by Crippen LogP contribution is 2.28. The minimum absolute atomic E-state index is 0.0337. The van der Waals surface area contributed by atoms with Crippen LogP contribution in [-0.4, -0.2) is 35.0 Å². The molecule has 1 aliphatic rings. The summed E-state index contributed by atoms with van der Waals surface area (Å²) >= 11 is 0. The summed E-state index contributed by atoms with van der Waals surface area (Å²) in [5, 5.41) is 0. The van der Waals surface area contributed by atoms with Gasteiger partial charge >= 0.3 is 0 Å². The van der Waals surface area contributed by atoms with Crippen LogP contribution >= 0.6 is 0 Å². The molecular formula is C21H26N2O2. The highest BCUT2D eigenvalue weighted by atomic mass is 16.5. The van der Waals surface area contributed by atoms with E-state index in [0.29, 0.717) is 6.54 Å². The number of hydrogen-bond acceptors (Lipinski definition) is 3. The molecule has 2 aromatic rings. The summed E-state index contributed by atoms with van der Waals surface area (Å²) in [7, 11) is 0. The number of hydrogen-bond donors (Lipinski definition) is 0. The number of rotatable bonds is 5. The summed E-state index contributed by atoms with van der Waals surface area (Å²) in [6, 6.07) is 12.1. The van der Waals surface area contributed by atoms with Gasteiger partial charge in [0.25, 0.3) is 0 Å². The lowest BCUT2D eigenvalue weighted by atomic mass is 9.82. The molecule has 0 spiro atoms. The van der Waals surface area contributed by atoms with E-state index in [-0.39, 0.29) is 12.0 Å². The second kappa shape index (κ2) is 7.26. The summed E-state index contributed by atoms with van der Waals surface area (Å²) in [6.45, 7) is 7.51. The van der Waals surface area contributed by atoms with Gasteiger partial charge in [0.1, 0.15) is 11.9 Å². The van der Waals surface area contributed by atoms with Gasteiger partial charge in [-0.25, -0.2) is 0 Å². The molecule has 1 atom stereocenters. The fourth-order valence-electron chi connectivity index (χ4n) is 3.29. The van der Waals surface area contributed by atoms with Crippen LogP contribution in [0.15, 0.2) is 48.8 Å². The number of ether oxygens (including phenoxy) is 1. The van der Waals surface area contributed by atoms with Gasteiger partial charge in [0.05, 0.1) is 18.2 Å². The average Bonchev–Trinajstić information content (AvgIpc) is 3.10. The van der Waals surface area contributed by atoms with Gasteiger partial charge in [-0.1, -0.05) is 31.2 Å². The molecule has 25 heavy (non-hydrogen) atoms. The van der Waals surface area contributed by atoms with Crippen molar-refractivity contribution in [1.82, 2.24) is 9.88 Å². The third-order valence-electron chi connectivity index (χ3n) is 4.99. The van der Waals surface area contributed by atoms with Crippen LogP contribution in [0.5, 0.6) is 5.75 Å². The molecule has 1 aliphatic heterocycles.